The lowest BCUT2D eigenvalue weighted by Crippen LogP contribution is -2.25. The van der Waals surface area contributed by atoms with Crippen LogP contribution < -0.4 is 10.1 Å². The van der Waals surface area contributed by atoms with Crippen molar-refractivity contribution in [3.8, 4) is 23.0 Å². The lowest BCUT2D eigenvalue weighted by Gasteiger charge is -2.08. The van der Waals surface area contributed by atoms with Gasteiger partial charge in [0, 0.05) is 35.0 Å². The van der Waals surface area contributed by atoms with Gasteiger partial charge in [-0.1, -0.05) is 53.6 Å². The van der Waals surface area contributed by atoms with Crippen LogP contribution in [0.3, 0.4) is 0 Å². The number of hydrogen-bond acceptors (Lipinski definition) is 4. The molecule has 0 radical (unpaired) electrons. The first kappa shape index (κ1) is 21.5. The molecule has 4 aromatic rings. The van der Waals surface area contributed by atoms with Crippen LogP contribution in [0.25, 0.3) is 11.4 Å². The van der Waals surface area contributed by atoms with E-state index in [1.165, 1.54) is 5.56 Å². The summed E-state index contributed by atoms with van der Waals surface area (Å²) in [6, 6.07) is 24.3. The first-order valence-electron chi connectivity index (χ1n) is 10.3. The van der Waals surface area contributed by atoms with Crippen molar-refractivity contribution in [2.75, 3.05) is 6.54 Å². The highest BCUT2D eigenvalue weighted by Crippen LogP contribution is 2.23. The van der Waals surface area contributed by atoms with Crippen molar-refractivity contribution in [3.63, 3.8) is 0 Å². The van der Waals surface area contributed by atoms with Gasteiger partial charge in [0.05, 0.1) is 0 Å². The van der Waals surface area contributed by atoms with Crippen LogP contribution >= 0.6 is 11.6 Å². The van der Waals surface area contributed by atoms with E-state index in [9.17, 15) is 4.79 Å². The van der Waals surface area contributed by atoms with Gasteiger partial charge in [0.25, 0.3) is 5.91 Å². The minimum absolute atomic E-state index is 0.130. The van der Waals surface area contributed by atoms with Gasteiger partial charge in [-0.2, -0.15) is 4.98 Å². The maximum absolute atomic E-state index is 12.4. The Labute approximate surface area is 192 Å². The van der Waals surface area contributed by atoms with Gasteiger partial charge >= 0.3 is 0 Å². The molecule has 0 aliphatic rings. The Balaban J connectivity index is 1.34. The second kappa shape index (κ2) is 10.1. The standard InChI is InChI=1S/C26H22ClN3O2/c1-18-2-6-20(7-3-18)25-28-17-15-24(30-25)32-23-12-8-21(9-13-23)26(31)29-16-14-19-4-10-22(27)11-5-19/h2-13,15,17H,14,16H2,1H3,(H,29,31). The summed E-state index contributed by atoms with van der Waals surface area (Å²) in [7, 11) is 0. The molecule has 0 bridgehead atoms. The Morgan fingerprint density at radius 2 is 1.66 bits per heavy atom. The van der Waals surface area contributed by atoms with E-state index in [-0.39, 0.29) is 5.91 Å². The molecule has 4 rings (SSSR count). The number of amides is 1. The molecule has 0 fully saturated rings. The van der Waals surface area contributed by atoms with Crippen molar-refractivity contribution in [3.05, 3.63) is 107 Å². The summed E-state index contributed by atoms with van der Waals surface area (Å²) in [5, 5.41) is 3.63. The van der Waals surface area contributed by atoms with E-state index < -0.39 is 0 Å². The highest BCUT2D eigenvalue weighted by Gasteiger charge is 2.08. The van der Waals surface area contributed by atoms with Crippen LogP contribution in [0.2, 0.25) is 5.02 Å². The monoisotopic (exact) mass is 443 g/mol. The van der Waals surface area contributed by atoms with Gasteiger partial charge in [-0.25, -0.2) is 4.98 Å². The van der Waals surface area contributed by atoms with Gasteiger partial charge < -0.3 is 10.1 Å². The predicted octanol–water partition coefficient (Wildman–Crippen LogP) is 5.87. The predicted molar refractivity (Wildman–Crippen MR) is 126 cm³/mol. The van der Waals surface area contributed by atoms with E-state index in [0.29, 0.717) is 34.6 Å². The van der Waals surface area contributed by atoms with E-state index in [0.717, 1.165) is 17.5 Å². The molecular weight excluding hydrogens is 422 g/mol. The molecule has 0 aliphatic carbocycles. The highest BCUT2D eigenvalue weighted by atomic mass is 35.5. The van der Waals surface area contributed by atoms with Crippen molar-refractivity contribution < 1.29 is 9.53 Å². The van der Waals surface area contributed by atoms with Gasteiger partial charge in [0.1, 0.15) is 5.75 Å². The Bertz CT molecular complexity index is 1190. The van der Waals surface area contributed by atoms with E-state index >= 15 is 0 Å². The first-order valence-corrected chi connectivity index (χ1v) is 10.7. The second-order valence-corrected chi connectivity index (χ2v) is 7.78. The van der Waals surface area contributed by atoms with Gasteiger partial charge in [-0.15, -0.1) is 0 Å². The van der Waals surface area contributed by atoms with Gasteiger partial charge in [0.15, 0.2) is 5.82 Å². The molecule has 0 aliphatic heterocycles. The summed E-state index contributed by atoms with van der Waals surface area (Å²) in [6.07, 6.45) is 2.40. The topological polar surface area (TPSA) is 64.1 Å². The van der Waals surface area contributed by atoms with Gasteiger partial charge in [-0.3, -0.25) is 4.79 Å². The van der Waals surface area contributed by atoms with Crippen LogP contribution in [0.4, 0.5) is 0 Å². The Morgan fingerprint density at radius 1 is 0.938 bits per heavy atom. The maximum Gasteiger partial charge on any atom is 0.251 e. The molecule has 1 N–H and O–H groups in total. The number of nitrogens with one attached hydrogen (secondary N) is 1. The SMILES string of the molecule is Cc1ccc(-c2nccc(Oc3ccc(C(=O)NCCc4ccc(Cl)cc4)cc3)n2)cc1. The molecule has 160 valence electrons. The van der Waals surface area contributed by atoms with E-state index in [2.05, 4.69) is 15.3 Å². The smallest absolute Gasteiger partial charge is 0.251 e. The molecule has 1 heterocycles. The van der Waals surface area contributed by atoms with Crippen LogP contribution in [0, 0.1) is 6.92 Å². The van der Waals surface area contributed by atoms with Crippen molar-refractivity contribution in [1.29, 1.82) is 0 Å². The lowest BCUT2D eigenvalue weighted by molar-refractivity contribution is 0.0954. The van der Waals surface area contributed by atoms with Crippen molar-refractivity contribution in [2.24, 2.45) is 0 Å². The molecular formula is C26H22ClN3O2. The molecule has 0 saturated heterocycles. The Kier molecular flexibility index (Phi) is 6.78. The molecule has 1 aromatic heterocycles. The Hall–Kier alpha value is -3.70. The zero-order valence-corrected chi connectivity index (χ0v) is 18.3. The molecule has 0 atom stereocenters. The molecule has 6 heteroatoms. The number of carbonyl (C=O) groups excluding carboxylic acids is 1. The van der Waals surface area contributed by atoms with Crippen molar-refractivity contribution in [2.45, 2.75) is 13.3 Å². The minimum Gasteiger partial charge on any atom is -0.439 e. The minimum atomic E-state index is -0.130. The molecule has 5 nitrogen and oxygen atoms in total. The molecule has 0 unspecified atom stereocenters. The fraction of sp³-hybridized carbons (Fsp3) is 0.115. The summed E-state index contributed by atoms with van der Waals surface area (Å²) in [4.78, 5) is 21.2. The largest absolute Gasteiger partial charge is 0.439 e. The maximum atomic E-state index is 12.4. The van der Waals surface area contributed by atoms with Crippen LogP contribution in [-0.2, 0) is 6.42 Å². The number of ether oxygens (including phenoxy) is 1. The number of nitrogens with zero attached hydrogens (tertiary/aromatic N) is 2. The fourth-order valence-corrected chi connectivity index (χ4v) is 3.24. The summed E-state index contributed by atoms with van der Waals surface area (Å²) < 4.78 is 5.85. The molecule has 32 heavy (non-hydrogen) atoms. The van der Waals surface area contributed by atoms with Gasteiger partial charge in [-0.05, 0) is 55.3 Å². The van der Waals surface area contributed by atoms with Gasteiger partial charge in [0.2, 0.25) is 5.88 Å². The summed E-state index contributed by atoms with van der Waals surface area (Å²) in [5.41, 5.74) is 3.78. The number of aryl methyl sites for hydroxylation is 1. The molecule has 0 spiro atoms. The van der Waals surface area contributed by atoms with Crippen LogP contribution in [-0.4, -0.2) is 22.4 Å². The number of aromatic nitrogens is 2. The number of carbonyl (C=O) groups is 1. The van der Waals surface area contributed by atoms with Crippen LogP contribution in [0.1, 0.15) is 21.5 Å². The van der Waals surface area contributed by atoms with Crippen molar-refractivity contribution >= 4 is 17.5 Å². The normalized spacial score (nSPS) is 10.6. The van der Waals surface area contributed by atoms with Crippen LogP contribution in [0.15, 0.2) is 85.1 Å². The Morgan fingerprint density at radius 3 is 2.38 bits per heavy atom. The lowest BCUT2D eigenvalue weighted by atomic mass is 10.1. The third kappa shape index (κ3) is 5.71. The first-order chi connectivity index (χ1) is 15.6. The summed E-state index contributed by atoms with van der Waals surface area (Å²) in [5.74, 6) is 1.50. The zero-order valence-electron chi connectivity index (χ0n) is 17.6. The van der Waals surface area contributed by atoms with Crippen LogP contribution in [0.5, 0.6) is 11.6 Å². The average molecular weight is 444 g/mol. The number of hydrogen-bond donors (Lipinski definition) is 1. The van der Waals surface area contributed by atoms with E-state index in [4.69, 9.17) is 16.3 Å². The number of benzene rings is 3. The van der Waals surface area contributed by atoms with E-state index in [1.807, 2.05) is 55.5 Å². The van der Waals surface area contributed by atoms with Crippen molar-refractivity contribution in [1.82, 2.24) is 15.3 Å². The molecule has 0 saturated carbocycles. The molecule has 1 amide bonds. The molecule has 3 aromatic carbocycles. The third-order valence-electron chi connectivity index (χ3n) is 4.89. The fourth-order valence-electron chi connectivity index (χ4n) is 3.11. The zero-order chi connectivity index (χ0) is 22.3. The highest BCUT2D eigenvalue weighted by molar-refractivity contribution is 6.30. The van der Waals surface area contributed by atoms with E-state index in [1.54, 1.807) is 36.5 Å². The third-order valence-corrected chi connectivity index (χ3v) is 5.14. The summed E-state index contributed by atoms with van der Waals surface area (Å²) >= 11 is 5.89. The quantitative estimate of drug-likeness (QED) is 0.388. The second-order valence-electron chi connectivity index (χ2n) is 7.34. The number of rotatable bonds is 7. The number of halogens is 1. The average Bonchev–Trinajstić information content (AvgIpc) is 2.81. The summed E-state index contributed by atoms with van der Waals surface area (Å²) in [6.45, 7) is 2.58.